The molecule has 120 valence electrons. The van der Waals surface area contributed by atoms with Gasteiger partial charge in [-0.05, 0) is 43.4 Å². The summed E-state index contributed by atoms with van der Waals surface area (Å²) < 4.78 is 0. The molecule has 0 saturated carbocycles. The molecule has 23 heavy (non-hydrogen) atoms. The molecular weight excluding hydrogens is 308 g/mol. The number of rotatable bonds is 5. The molecule has 3 rings (SSSR count). The van der Waals surface area contributed by atoms with E-state index in [1.807, 2.05) is 48.2 Å². The Hall–Kier alpha value is -2.08. The Morgan fingerprint density at radius 1 is 1.26 bits per heavy atom. The lowest BCUT2D eigenvalue weighted by atomic mass is 10.2. The van der Waals surface area contributed by atoms with Crippen LogP contribution in [0.15, 0.2) is 42.5 Å². The number of thioether (sulfide) groups is 1. The minimum absolute atomic E-state index is 0.239. The van der Waals surface area contributed by atoms with E-state index in [9.17, 15) is 4.79 Å². The number of benzene rings is 1. The van der Waals surface area contributed by atoms with Gasteiger partial charge in [0, 0.05) is 24.0 Å². The zero-order valence-electron chi connectivity index (χ0n) is 13.1. The molecule has 1 atom stereocenters. The highest BCUT2D eigenvalue weighted by Crippen LogP contribution is 2.25. The van der Waals surface area contributed by atoms with Crippen LogP contribution in [0.5, 0.6) is 0 Å². The molecule has 1 aromatic heterocycles. The van der Waals surface area contributed by atoms with Gasteiger partial charge >= 0.3 is 0 Å². The van der Waals surface area contributed by atoms with Crippen molar-refractivity contribution in [2.45, 2.75) is 18.9 Å². The minimum Gasteiger partial charge on any atom is -0.351 e. The first-order valence-corrected chi connectivity index (χ1v) is 9.13. The minimum atomic E-state index is -0.239. The molecule has 0 bridgehead atoms. The summed E-state index contributed by atoms with van der Waals surface area (Å²) in [5, 5.41) is 11.2. The Morgan fingerprint density at radius 2 is 2.09 bits per heavy atom. The van der Waals surface area contributed by atoms with Gasteiger partial charge in [-0.15, -0.1) is 10.2 Å². The molecule has 5 nitrogen and oxygen atoms in total. The Morgan fingerprint density at radius 3 is 2.78 bits per heavy atom. The first-order chi connectivity index (χ1) is 11.3. The maximum absolute atomic E-state index is 12.2. The smallest absolute Gasteiger partial charge is 0.276 e. The Kier molecular flexibility index (Phi) is 5.12. The first-order valence-electron chi connectivity index (χ1n) is 7.73. The van der Waals surface area contributed by atoms with Gasteiger partial charge in [-0.3, -0.25) is 4.79 Å². The molecule has 1 N–H and O–H groups in total. The third-order valence-electron chi connectivity index (χ3n) is 3.95. The van der Waals surface area contributed by atoms with Gasteiger partial charge in [-0.1, -0.05) is 18.2 Å². The summed E-state index contributed by atoms with van der Waals surface area (Å²) in [6, 6.07) is 13.5. The molecule has 6 heteroatoms. The largest absolute Gasteiger partial charge is 0.351 e. The molecule has 0 aliphatic carbocycles. The number of carbonyl (C=O) groups is 1. The van der Waals surface area contributed by atoms with Crippen molar-refractivity contribution in [2.75, 3.05) is 28.8 Å². The predicted molar refractivity (Wildman–Crippen MR) is 95.2 cm³/mol. The molecule has 1 amide bonds. The van der Waals surface area contributed by atoms with Gasteiger partial charge in [0.15, 0.2) is 11.5 Å². The molecule has 1 aromatic carbocycles. The van der Waals surface area contributed by atoms with E-state index in [1.165, 1.54) is 12.8 Å². The zero-order valence-corrected chi connectivity index (χ0v) is 13.9. The maximum atomic E-state index is 12.2. The first kappa shape index (κ1) is 15.8. The van der Waals surface area contributed by atoms with Gasteiger partial charge in [0.2, 0.25) is 0 Å². The van der Waals surface area contributed by atoms with E-state index in [-0.39, 0.29) is 5.91 Å². The molecule has 2 heterocycles. The van der Waals surface area contributed by atoms with Gasteiger partial charge in [0.05, 0.1) is 0 Å². The van der Waals surface area contributed by atoms with Crippen LogP contribution in [0, 0.1) is 0 Å². The molecule has 0 radical (unpaired) electrons. The maximum Gasteiger partial charge on any atom is 0.276 e. The average Bonchev–Trinajstić information content (AvgIpc) is 3.04. The monoisotopic (exact) mass is 328 g/mol. The highest BCUT2D eigenvalue weighted by molar-refractivity contribution is 7.98. The topological polar surface area (TPSA) is 58.1 Å². The quantitative estimate of drug-likeness (QED) is 0.914. The van der Waals surface area contributed by atoms with Crippen LogP contribution in [-0.4, -0.2) is 40.7 Å². The van der Waals surface area contributed by atoms with Crippen LogP contribution >= 0.6 is 11.8 Å². The SMILES string of the molecule is CSCC1CCCN1c1ccc(C(=O)Nc2ccccc2)nn1. The van der Waals surface area contributed by atoms with E-state index in [0.29, 0.717) is 11.7 Å². The van der Waals surface area contributed by atoms with Crippen LogP contribution in [0.3, 0.4) is 0 Å². The Bertz CT molecular complexity index is 647. The van der Waals surface area contributed by atoms with E-state index < -0.39 is 0 Å². The van der Waals surface area contributed by atoms with Crippen molar-refractivity contribution in [3.05, 3.63) is 48.2 Å². The number of nitrogens with one attached hydrogen (secondary N) is 1. The fourth-order valence-electron chi connectivity index (χ4n) is 2.82. The van der Waals surface area contributed by atoms with Gasteiger partial charge in [-0.2, -0.15) is 11.8 Å². The number of carbonyl (C=O) groups excluding carboxylic acids is 1. The standard InChI is InChI=1S/C17H20N4OS/c1-23-12-14-8-5-11-21(14)16-10-9-15(19-20-16)17(22)18-13-6-3-2-4-7-13/h2-4,6-7,9-10,14H,5,8,11-12H2,1H3,(H,18,22). The molecule has 0 spiro atoms. The fourth-order valence-corrected chi connectivity index (χ4v) is 3.55. The zero-order chi connectivity index (χ0) is 16.1. The van der Waals surface area contributed by atoms with Crippen molar-refractivity contribution >= 4 is 29.2 Å². The van der Waals surface area contributed by atoms with Crippen LogP contribution in [0.4, 0.5) is 11.5 Å². The van der Waals surface area contributed by atoms with Crippen molar-refractivity contribution in [2.24, 2.45) is 0 Å². The highest BCUT2D eigenvalue weighted by Gasteiger charge is 2.25. The number of amides is 1. The normalized spacial score (nSPS) is 17.3. The van der Waals surface area contributed by atoms with Crippen molar-refractivity contribution in [3.8, 4) is 0 Å². The number of hydrogen-bond donors (Lipinski definition) is 1. The predicted octanol–water partition coefficient (Wildman–Crippen LogP) is 3.06. The van der Waals surface area contributed by atoms with Crippen LogP contribution in [0.25, 0.3) is 0 Å². The Labute approximate surface area is 140 Å². The molecule has 1 saturated heterocycles. The van der Waals surface area contributed by atoms with Gasteiger partial charge in [0.1, 0.15) is 0 Å². The molecule has 2 aromatic rings. The van der Waals surface area contributed by atoms with Crippen LogP contribution in [-0.2, 0) is 0 Å². The van der Waals surface area contributed by atoms with Crippen LogP contribution in [0.1, 0.15) is 23.3 Å². The van der Waals surface area contributed by atoms with Crippen molar-refractivity contribution in [1.82, 2.24) is 10.2 Å². The van der Waals surface area contributed by atoms with Crippen molar-refractivity contribution in [3.63, 3.8) is 0 Å². The van der Waals surface area contributed by atoms with Gasteiger partial charge in [0.25, 0.3) is 5.91 Å². The fraction of sp³-hybridized carbons (Fsp3) is 0.353. The molecule has 1 aliphatic rings. The van der Waals surface area contributed by atoms with Gasteiger partial charge < -0.3 is 10.2 Å². The second-order valence-corrected chi connectivity index (χ2v) is 6.45. The van der Waals surface area contributed by atoms with E-state index in [2.05, 4.69) is 26.7 Å². The lowest BCUT2D eigenvalue weighted by Gasteiger charge is -2.24. The van der Waals surface area contributed by atoms with E-state index in [4.69, 9.17) is 0 Å². The van der Waals surface area contributed by atoms with Gasteiger partial charge in [-0.25, -0.2) is 0 Å². The summed E-state index contributed by atoms with van der Waals surface area (Å²) in [5.41, 5.74) is 1.08. The summed E-state index contributed by atoms with van der Waals surface area (Å²) in [6.07, 6.45) is 4.50. The number of aromatic nitrogens is 2. The van der Waals surface area contributed by atoms with E-state index in [0.717, 1.165) is 23.8 Å². The summed E-state index contributed by atoms with van der Waals surface area (Å²) in [4.78, 5) is 14.5. The van der Waals surface area contributed by atoms with E-state index >= 15 is 0 Å². The number of para-hydroxylation sites is 1. The summed E-state index contributed by atoms with van der Waals surface area (Å²) >= 11 is 1.85. The lowest BCUT2D eigenvalue weighted by Crippen LogP contribution is -2.32. The molecule has 1 unspecified atom stereocenters. The number of anilines is 2. The van der Waals surface area contributed by atoms with Crippen LogP contribution in [0.2, 0.25) is 0 Å². The number of hydrogen-bond acceptors (Lipinski definition) is 5. The van der Waals surface area contributed by atoms with Crippen LogP contribution < -0.4 is 10.2 Å². The molecular formula is C17H20N4OS. The molecule has 1 aliphatic heterocycles. The summed E-state index contributed by atoms with van der Waals surface area (Å²) in [6.45, 7) is 1.01. The van der Waals surface area contributed by atoms with E-state index in [1.54, 1.807) is 6.07 Å². The second-order valence-electron chi connectivity index (χ2n) is 5.54. The highest BCUT2D eigenvalue weighted by atomic mass is 32.2. The van der Waals surface area contributed by atoms with Crippen molar-refractivity contribution in [1.29, 1.82) is 0 Å². The number of nitrogens with zero attached hydrogens (tertiary/aromatic N) is 3. The molecule has 1 fully saturated rings. The lowest BCUT2D eigenvalue weighted by molar-refractivity contribution is 0.102. The third-order valence-corrected chi connectivity index (χ3v) is 4.66. The summed E-state index contributed by atoms with van der Waals surface area (Å²) in [7, 11) is 0. The second kappa shape index (κ2) is 7.46. The third kappa shape index (κ3) is 3.82. The Balaban J connectivity index is 1.68. The average molecular weight is 328 g/mol. The van der Waals surface area contributed by atoms with Crippen molar-refractivity contribution < 1.29 is 4.79 Å². The summed E-state index contributed by atoms with van der Waals surface area (Å²) in [5.74, 6) is 1.72.